The number of benzene rings is 1. The lowest BCUT2D eigenvalue weighted by Crippen LogP contribution is -2.36. The Labute approximate surface area is 159 Å². The van der Waals surface area contributed by atoms with Crippen LogP contribution < -0.4 is 9.80 Å². The summed E-state index contributed by atoms with van der Waals surface area (Å²) >= 11 is 0. The Hall–Kier alpha value is -3.39. The zero-order valence-electron chi connectivity index (χ0n) is 15.1. The number of furan rings is 1. The van der Waals surface area contributed by atoms with Gasteiger partial charge in [0.1, 0.15) is 16.9 Å². The summed E-state index contributed by atoms with van der Waals surface area (Å²) in [6.07, 6.45) is 1.58. The summed E-state index contributed by atoms with van der Waals surface area (Å²) in [6.45, 7) is 2.76. The Kier molecular flexibility index (Phi) is 3.10. The molecule has 140 valence electrons. The van der Waals surface area contributed by atoms with Crippen LogP contribution in [-0.2, 0) is 4.74 Å². The third kappa shape index (κ3) is 2.06. The second-order valence-electron chi connectivity index (χ2n) is 6.95. The number of pyridine rings is 1. The number of anilines is 2. The molecule has 0 radical (unpaired) electrons. The molecule has 8 heteroatoms. The summed E-state index contributed by atoms with van der Waals surface area (Å²) in [4.78, 5) is 26.2. The first-order valence-electron chi connectivity index (χ1n) is 9.13. The normalized spacial score (nSPS) is 16.7. The standard InChI is InChI=1S/C20H16N4O4/c1-23-12-10-14-17(22-19(28-14)13-3-2-6-27-13)18-16(12)11(20(23)25)9-15(21-18)24-4-7-26-8-5-24/h2-3,6,9-10H,4-5,7-8H2,1H3. The molecular formula is C20H16N4O4. The summed E-state index contributed by atoms with van der Waals surface area (Å²) in [6, 6.07) is 7.31. The van der Waals surface area contributed by atoms with Gasteiger partial charge >= 0.3 is 0 Å². The molecule has 1 fully saturated rings. The number of carbonyl (C=O) groups is 1. The van der Waals surface area contributed by atoms with Gasteiger partial charge in [0, 0.05) is 31.6 Å². The fourth-order valence-corrected chi connectivity index (χ4v) is 3.94. The molecule has 4 aromatic rings. The molecule has 1 amide bonds. The van der Waals surface area contributed by atoms with E-state index in [2.05, 4.69) is 9.88 Å². The second-order valence-corrected chi connectivity index (χ2v) is 6.95. The van der Waals surface area contributed by atoms with Gasteiger partial charge in [0.05, 0.1) is 30.7 Å². The highest BCUT2D eigenvalue weighted by atomic mass is 16.5. The Balaban J connectivity index is 1.65. The molecule has 0 bridgehead atoms. The van der Waals surface area contributed by atoms with Crippen LogP contribution >= 0.6 is 0 Å². The molecule has 8 nitrogen and oxygen atoms in total. The van der Waals surface area contributed by atoms with Gasteiger partial charge < -0.3 is 23.4 Å². The van der Waals surface area contributed by atoms with Crippen LogP contribution in [0.15, 0.2) is 39.4 Å². The van der Waals surface area contributed by atoms with Crippen molar-refractivity contribution >= 4 is 39.4 Å². The van der Waals surface area contributed by atoms with Crippen molar-refractivity contribution in [3.8, 4) is 11.7 Å². The molecule has 5 heterocycles. The predicted octanol–water partition coefficient (Wildman–Crippen LogP) is 3.06. The van der Waals surface area contributed by atoms with Gasteiger partial charge in [0.15, 0.2) is 11.3 Å². The fourth-order valence-electron chi connectivity index (χ4n) is 3.94. The zero-order valence-corrected chi connectivity index (χ0v) is 15.1. The van der Waals surface area contributed by atoms with E-state index in [-0.39, 0.29) is 5.91 Å². The number of amides is 1. The lowest BCUT2D eigenvalue weighted by atomic mass is 10.1. The summed E-state index contributed by atoms with van der Waals surface area (Å²) < 4.78 is 16.8. The minimum absolute atomic E-state index is 0.0455. The number of ether oxygens (including phenoxy) is 1. The van der Waals surface area contributed by atoms with Crippen LogP contribution in [0.2, 0.25) is 0 Å². The highest BCUT2D eigenvalue weighted by Gasteiger charge is 2.32. The Morgan fingerprint density at radius 1 is 1.11 bits per heavy atom. The predicted molar refractivity (Wildman–Crippen MR) is 103 cm³/mol. The lowest BCUT2D eigenvalue weighted by molar-refractivity contribution is 0.0999. The molecule has 2 aliphatic rings. The molecule has 1 saturated heterocycles. The van der Waals surface area contributed by atoms with E-state index in [4.69, 9.17) is 18.6 Å². The zero-order chi connectivity index (χ0) is 18.8. The van der Waals surface area contributed by atoms with Crippen molar-refractivity contribution in [3.05, 3.63) is 36.1 Å². The average molecular weight is 376 g/mol. The maximum atomic E-state index is 12.9. The molecule has 2 aliphatic heterocycles. The Morgan fingerprint density at radius 3 is 2.75 bits per heavy atom. The van der Waals surface area contributed by atoms with Crippen LogP contribution in [0.4, 0.5) is 11.5 Å². The van der Waals surface area contributed by atoms with Crippen molar-refractivity contribution in [3.63, 3.8) is 0 Å². The van der Waals surface area contributed by atoms with Gasteiger partial charge in [0.25, 0.3) is 11.8 Å². The number of hydrogen-bond acceptors (Lipinski definition) is 7. The maximum absolute atomic E-state index is 12.9. The molecule has 6 rings (SSSR count). The van der Waals surface area contributed by atoms with Crippen molar-refractivity contribution in [1.29, 1.82) is 0 Å². The molecule has 3 aromatic heterocycles. The Morgan fingerprint density at radius 2 is 1.96 bits per heavy atom. The molecule has 0 aliphatic carbocycles. The van der Waals surface area contributed by atoms with Crippen LogP contribution in [0.1, 0.15) is 10.4 Å². The van der Waals surface area contributed by atoms with Crippen molar-refractivity contribution in [2.24, 2.45) is 0 Å². The minimum atomic E-state index is -0.0455. The number of rotatable bonds is 2. The van der Waals surface area contributed by atoms with Crippen molar-refractivity contribution in [2.45, 2.75) is 0 Å². The van der Waals surface area contributed by atoms with Gasteiger partial charge in [-0.2, -0.15) is 0 Å². The van der Waals surface area contributed by atoms with Gasteiger partial charge in [-0.05, 0) is 18.2 Å². The minimum Gasteiger partial charge on any atom is -0.459 e. The number of hydrogen-bond donors (Lipinski definition) is 0. The number of carbonyl (C=O) groups excluding carboxylic acids is 1. The van der Waals surface area contributed by atoms with E-state index in [1.807, 2.05) is 12.1 Å². The molecule has 0 spiro atoms. The molecule has 0 N–H and O–H groups in total. The first kappa shape index (κ1) is 15.6. The van der Waals surface area contributed by atoms with Crippen LogP contribution in [-0.4, -0.2) is 49.2 Å². The van der Waals surface area contributed by atoms with Gasteiger partial charge in [-0.25, -0.2) is 9.97 Å². The SMILES string of the molecule is CN1C(=O)c2cc(N3CCOCC3)nc3c2c1cc1oc(-c2ccco2)nc13. The van der Waals surface area contributed by atoms with E-state index in [1.54, 1.807) is 30.3 Å². The highest BCUT2D eigenvalue weighted by Crippen LogP contribution is 2.42. The smallest absolute Gasteiger partial charge is 0.264 e. The maximum Gasteiger partial charge on any atom is 0.264 e. The number of oxazole rings is 1. The topological polar surface area (TPSA) is 84.8 Å². The first-order chi connectivity index (χ1) is 13.7. The van der Waals surface area contributed by atoms with Gasteiger partial charge in [0.2, 0.25) is 0 Å². The van der Waals surface area contributed by atoms with E-state index in [1.165, 1.54) is 0 Å². The van der Waals surface area contributed by atoms with E-state index >= 15 is 0 Å². The highest BCUT2D eigenvalue weighted by molar-refractivity contribution is 6.28. The lowest BCUT2D eigenvalue weighted by Gasteiger charge is -2.28. The molecule has 0 unspecified atom stereocenters. The van der Waals surface area contributed by atoms with E-state index in [9.17, 15) is 4.79 Å². The quantitative estimate of drug-likeness (QED) is 0.531. The van der Waals surface area contributed by atoms with Crippen molar-refractivity contribution < 1.29 is 18.4 Å². The van der Waals surface area contributed by atoms with Gasteiger partial charge in [-0.1, -0.05) is 0 Å². The third-order valence-corrected chi connectivity index (χ3v) is 5.37. The third-order valence-electron chi connectivity index (χ3n) is 5.37. The van der Waals surface area contributed by atoms with Crippen LogP contribution in [0.5, 0.6) is 0 Å². The van der Waals surface area contributed by atoms with E-state index in [0.29, 0.717) is 47.0 Å². The van der Waals surface area contributed by atoms with E-state index < -0.39 is 0 Å². The average Bonchev–Trinajstić information content (AvgIpc) is 3.45. The number of nitrogens with zero attached hydrogens (tertiary/aromatic N) is 4. The number of aromatic nitrogens is 2. The molecule has 0 atom stereocenters. The molecule has 1 aromatic carbocycles. The summed E-state index contributed by atoms with van der Waals surface area (Å²) in [5.41, 5.74) is 3.31. The number of morpholine rings is 1. The summed E-state index contributed by atoms with van der Waals surface area (Å²) in [5, 5.41) is 0.816. The van der Waals surface area contributed by atoms with Gasteiger partial charge in [-0.15, -0.1) is 0 Å². The van der Waals surface area contributed by atoms with Crippen LogP contribution in [0.25, 0.3) is 33.7 Å². The number of fused-ring (bicyclic) bond motifs is 2. The largest absolute Gasteiger partial charge is 0.459 e. The van der Waals surface area contributed by atoms with Crippen LogP contribution in [0, 0.1) is 0 Å². The Bertz CT molecular complexity index is 1240. The van der Waals surface area contributed by atoms with Crippen LogP contribution in [0.3, 0.4) is 0 Å². The molecule has 28 heavy (non-hydrogen) atoms. The molecule has 0 saturated carbocycles. The van der Waals surface area contributed by atoms with E-state index in [0.717, 1.165) is 30.0 Å². The van der Waals surface area contributed by atoms with Crippen molar-refractivity contribution in [1.82, 2.24) is 9.97 Å². The molecular weight excluding hydrogens is 360 g/mol. The first-order valence-corrected chi connectivity index (χ1v) is 9.13. The summed E-state index contributed by atoms with van der Waals surface area (Å²) in [5.74, 6) is 1.66. The van der Waals surface area contributed by atoms with Crippen molar-refractivity contribution in [2.75, 3.05) is 43.2 Å². The second kappa shape index (κ2) is 5.56. The fraction of sp³-hybridized carbons (Fsp3) is 0.250. The van der Waals surface area contributed by atoms with Gasteiger partial charge in [-0.3, -0.25) is 4.79 Å². The monoisotopic (exact) mass is 376 g/mol. The summed E-state index contributed by atoms with van der Waals surface area (Å²) in [7, 11) is 1.77.